The fraction of sp³-hybridized carbons (Fsp3) is 0.923. The average Bonchev–Trinajstić information content (AvgIpc) is 2.80. The van der Waals surface area contributed by atoms with Crippen LogP contribution >= 0.6 is 0 Å². The van der Waals surface area contributed by atoms with Crippen LogP contribution in [-0.2, 0) is 19.0 Å². The third kappa shape index (κ3) is 3.93. The molecule has 106 valence electrons. The van der Waals surface area contributed by atoms with Crippen molar-refractivity contribution in [1.82, 2.24) is 5.32 Å². The molecule has 0 aromatic heterocycles. The summed E-state index contributed by atoms with van der Waals surface area (Å²) in [6.45, 7) is 6.10. The Kier molecular flexibility index (Phi) is 6.60. The smallest absolute Gasteiger partial charge is 0.326 e. The first-order valence-electron chi connectivity index (χ1n) is 6.74. The normalized spacial score (nSPS) is 27.4. The summed E-state index contributed by atoms with van der Waals surface area (Å²) in [5.74, 6) is -0.164. The van der Waals surface area contributed by atoms with Crippen molar-refractivity contribution >= 4 is 5.97 Å². The van der Waals surface area contributed by atoms with Gasteiger partial charge in [-0.25, -0.2) is 0 Å². The lowest BCUT2D eigenvalue weighted by molar-refractivity contribution is -0.151. The molecule has 0 saturated heterocycles. The van der Waals surface area contributed by atoms with Crippen molar-refractivity contribution in [1.29, 1.82) is 0 Å². The van der Waals surface area contributed by atoms with Crippen molar-refractivity contribution in [2.24, 2.45) is 0 Å². The predicted octanol–water partition coefficient (Wildman–Crippen LogP) is 1.11. The predicted molar refractivity (Wildman–Crippen MR) is 68.5 cm³/mol. The molecule has 0 amide bonds. The summed E-state index contributed by atoms with van der Waals surface area (Å²) in [5.41, 5.74) is -0.563. The van der Waals surface area contributed by atoms with Gasteiger partial charge in [0.15, 0.2) is 0 Å². The van der Waals surface area contributed by atoms with Gasteiger partial charge in [0.1, 0.15) is 5.54 Å². The highest BCUT2D eigenvalue weighted by molar-refractivity contribution is 5.81. The van der Waals surface area contributed by atoms with Crippen LogP contribution in [0.25, 0.3) is 0 Å². The van der Waals surface area contributed by atoms with Crippen molar-refractivity contribution in [3.05, 3.63) is 0 Å². The number of hydrogen-bond donors (Lipinski definition) is 1. The molecule has 5 heteroatoms. The second kappa shape index (κ2) is 7.71. The van der Waals surface area contributed by atoms with Gasteiger partial charge < -0.3 is 19.5 Å². The van der Waals surface area contributed by atoms with Crippen LogP contribution in [0, 0.1) is 0 Å². The zero-order chi connectivity index (χ0) is 13.4. The lowest BCUT2D eigenvalue weighted by atomic mass is 9.98. The molecule has 1 rings (SSSR count). The highest BCUT2D eigenvalue weighted by Crippen LogP contribution is 2.32. The Balaban J connectivity index is 2.38. The monoisotopic (exact) mass is 259 g/mol. The average molecular weight is 259 g/mol. The van der Waals surface area contributed by atoms with Gasteiger partial charge in [-0.2, -0.15) is 0 Å². The van der Waals surface area contributed by atoms with Gasteiger partial charge in [-0.1, -0.05) is 0 Å². The Hall–Kier alpha value is -0.650. The van der Waals surface area contributed by atoms with Gasteiger partial charge in [-0.15, -0.1) is 0 Å². The number of ether oxygens (including phenoxy) is 3. The van der Waals surface area contributed by atoms with Crippen molar-refractivity contribution in [2.75, 3.05) is 33.5 Å². The molecule has 0 heterocycles. The molecule has 1 saturated carbocycles. The van der Waals surface area contributed by atoms with Crippen LogP contribution in [0.5, 0.6) is 0 Å². The number of hydrogen-bond acceptors (Lipinski definition) is 5. The summed E-state index contributed by atoms with van der Waals surface area (Å²) >= 11 is 0. The van der Waals surface area contributed by atoms with Crippen LogP contribution in [0.1, 0.15) is 33.1 Å². The second-order valence-electron chi connectivity index (χ2n) is 4.49. The molecule has 1 aliphatic rings. The SMILES string of the molecule is CCOCCOC1CCC(NC)(C(=O)OCC)C1. The topological polar surface area (TPSA) is 56.8 Å². The van der Waals surface area contributed by atoms with E-state index in [0.717, 1.165) is 12.8 Å². The summed E-state index contributed by atoms with van der Waals surface area (Å²) in [5, 5.41) is 3.11. The maximum atomic E-state index is 12.0. The Morgan fingerprint density at radius 1 is 1.33 bits per heavy atom. The number of carbonyl (C=O) groups excluding carboxylic acids is 1. The van der Waals surface area contributed by atoms with Crippen LogP contribution in [0.4, 0.5) is 0 Å². The molecule has 5 nitrogen and oxygen atoms in total. The minimum Gasteiger partial charge on any atom is -0.465 e. The van der Waals surface area contributed by atoms with E-state index in [9.17, 15) is 4.79 Å². The third-order valence-electron chi connectivity index (χ3n) is 3.40. The summed E-state index contributed by atoms with van der Waals surface area (Å²) in [7, 11) is 1.81. The Bertz CT molecular complexity index is 259. The van der Waals surface area contributed by atoms with E-state index in [1.165, 1.54) is 0 Å². The van der Waals surface area contributed by atoms with Crippen LogP contribution in [-0.4, -0.2) is 51.1 Å². The zero-order valence-electron chi connectivity index (χ0n) is 11.7. The molecule has 1 aliphatic carbocycles. The molecule has 0 aromatic carbocycles. The quantitative estimate of drug-likeness (QED) is 0.523. The lowest BCUT2D eigenvalue weighted by Crippen LogP contribution is -2.49. The standard InChI is InChI=1S/C13H25NO4/c1-4-16-8-9-18-11-6-7-13(10-11,14-3)12(15)17-5-2/h11,14H,4-10H2,1-3H3. The highest BCUT2D eigenvalue weighted by atomic mass is 16.5. The minimum absolute atomic E-state index is 0.113. The first-order chi connectivity index (χ1) is 8.68. The van der Waals surface area contributed by atoms with Crippen LogP contribution < -0.4 is 5.32 Å². The lowest BCUT2D eigenvalue weighted by Gasteiger charge is -2.26. The summed E-state index contributed by atoms with van der Waals surface area (Å²) in [6.07, 6.45) is 2.43. The van der Waals surface area contributed by atoms with E-state index < -0.39 is 5.54 Å². The Morgan fingerprint density at radius 3 is 2.72 bits per heavy atom. The Labute approximate surface area is 109 Å². The van der Waals surface area contributed by atoms with Gasteiger partial charge in [-0.05, 0) is 33.7 Å². The molecule has 2 unspecified atom stereocenters. The van der Waals surface area contributed by atoms with Gasteiger partial charge in [0.25, 0.3) is 0 Å². The number of rotatable bonds is 8. The summed E-state index contributed by atoms with van der Waals surface area (Å²) in [4.78, 5) is 12.0. The van der Waals surface area contributed by atoms with E-state index in [-0.39, 0.29) is 12.1 Å². The van der Waals surface area contributed by atoms with E-state index in [1.807, 2.05) is 13.8 Å². The first-order valence-corrected chi connectivity index (χ1v) is 6.74. The molecule has 1 N–H and O–H groups in total. The largest absolute Gasteiger partial charge is 0.465 e. The number of likely N-dealkylation sites (N-methyl/N-ethyl adjacent to an activating group) is 1. The van der Waals surface area contributed by atoms with Gasteiger partial charge in [0.05, 0.1) is 25.9 Å². The maximum Gasteiger partial charge on any atom is 0.326 e. The zero-order valence-corrected chi connectivity index (χ0v) is 11.7. The molecule has 0 radical (unpaired) electrons. The highest BCUT2D eigenvalue weighted by Gasteiger charge is 2.45. The molecule has 0 spiro atoms. The minimum atomic E-state index is -0.563. The van der Waals surface area contributed by atoms with Crippen molar-refractivity contribution in [2.45, 2.75) is 44.8 Å². The van der Waals surface area contributed by atoms with Crippen LogP contribution in [0.3, 0.4) is 0 Å². The van der Waals surface area contributed by atoms with Gasteiger partial charge >= 0.3 is 5.97 Å². The molecule has 0 aliphatic heterocycles. The third-order valence-corrected chi connectivity index (χ3v) is 3.40. The fourth-order valence-electron chi connectivity index (χ4n) is 2.34. The molecule has 2 atom stereocenters. The number of carbonyl (C=O) groups is 1. The maximum absolute atomic E-state index is 12.0. The molecular formula is C13H25NO4. The van der Waals surface area contributed by atoms with Crippen LogP contribution in [0.2, 0.25) is 0 Å². The van der Waals surface area contributed by atoms with Gasteiger partial charge in [0, 0.05) is 13.0 Å². The number of nitrogens with one attached hydrogen (secondary N) is 1. The number of esters is 1. The van der Waals surface area contributed by atoms with E-state index in [1.54, 1.807) is 7.05 Å². The summed E-state index contributed by atoms with van der Waals surface area (Å²) < 4.78 is 16.1. The first kappa shape index (κ1) is 15.4. The molecule has 18 heavy (non-hydrogen) atoms. The molecular weight excluding hydrogens is 234 g/mol. The van der Waals surface area contributed by atoms with Crippen LogP contribution in [0.15, 0.2) is 0 Å². The van der Waals surface area contributed by atoms with E-state index in [0.29, 0.717) is 32.8 Å². The molecule has 0 aromatic rings. The Morgan fingerprint density at radius 2 is 2.11 bits per heavy atom. The van der Waals surface area contributed by atoms with Crippen molar-refractivity contribution < 1.29 is 19.0 Å². The summed E-state index contributed by atoms with van der Waals surface area (Å²) in [6, 6.07) is 0. The fourth-order valence-corrected chi connectivity index (χ4v) is 2.34. The van der Waals surface area contributed by atoms with E-state index in [4.69, 9.17) is 14.2 Å². The second-order valence-corrected chi connectivity index (χ2v) is 4.49. The van der Waals surface area contributed by atoms with E-state index >= 15 is 0 Å². The van der Waals surface area contributed by atoms with Gasteiger partial charge in [0.2, 0.25) is 0 Å². The van der Waals surface area contributed by atoms with E-state index in [2.05, 4.69) is 5.32 Å². The van der Waals surface area contributed by atoms with Crippen molar-refractivity contribution in [3.63, 3.8) is 0 Å². The van der Waals surface area contributed by atoms with Crippen molar-refractivity contribution in [3.8, 4) is 0 Å². The van der Waals surface area contributed by atoms with Gasteiger partial charge in [-0.3, -0.25) is 4.79 Å². The molecule has 0 bridgehead atoms. The molecule has 1 fully saturated rings.